The lowest BCUT2D eigenvalue weighted by atomic mass is 9.99. The molecule has 16 rings (SSSR count). The van der Waals surface area contributed by atoms with E-state index in [9.17, 15) is 0 Å². The summed E-state index contributed by atoms with van der Waals surface area (Å²) in [6.45, 7) is 0. The van der Waals surface area contributed by atoms with E-state index in [0.29, 0.717) is 17.7 Å². The highest BCUT2D eigenvalue weighted by Gasteiger charge is 2.25. The van der Waals surface area contributed by atoms with Crippen LogP contribution in [0.4, 0.5) is 34.6 Å². The predicted molar refractivity (Wildman–Crippen MR) is 365 cm³/mol. The molecule has 0 saturated heterocycles. The molecule has 16 aromatic rings. The van der Waals surface area contributed by atoms with Gasteiger partial charge in [0.2, 0.25) is 11.9 Å². The molecule has 0 bridgehead atoms. The maximum Gasteiger partial charge on any atom is 0.240 e. The number of aromatic nitrogens is 5. The molecule has 0 fully saturated rings. The molecule has 0 aliphatic heterocycles. The molecule has 0 aliphatic carbocycles. The Morgan fingerprint density at radius 1 is 0.205 bits per heavy atom. The summed E-state index contributed by atoms with van der Waals surface area (Å²) < 4.78 is 4.71. The Morgan fingerprint density at radius 3 is 0.966 bits per heavy atom. The van der Waals surface area contributed by atoms with Gasteiger partial charge in [-0.3, -0.25) is 9.80 Å². The van der Waals surface area contributed by atoms with Crippen molar-refractivity contribution < 1.29 is 0 Å². The van der Waals surface area contributed by atoms with Crippen LogP contribution in [0.15, 0.2) is 334 Å². The van der Waals surface area contributed by atoms with Crippen LogP contribution in [0.25, 0.3) is 111 Å². The summed E-state index contributed by atoms with van der Waals surface area (Å²) in [6.07, 6.45) is 0. The van der Waals surface area contributed by atoms with Gasteiger partial charge in [-0.25, -0.2) is 0 Å². The topological polar surface area (TPSA) is 55.0 Å². The lowest BCUT2D eigenvalue weighted by Crippen LogP contribution is -2.19. The molecule has 7 heteroatoms. The normalized spacial score (nSPS) is 11.4. The summed E-state index contributed by atoms with van der Waals surface area (Å²) in [7, 11) is 0. The van der Waals surface area contributed by atoms with Crippen LogP contribution in [-0.4, -0.2) is 24.1 Å². The average molecular weight is 1130 g/mol. The minimum Gasteiger partial charge on any atom is -0.309 e. The van der Waals surface area contributed by atoms with Gasteiger partial charge >= 0.3 is 0 Å². The van der Waals surface area contributed by atoms with Crippen molar-refractivity contribution in [3.8, 4) is 67.3 Å². The summed E-state index contributed by atoms with van der Waals surface area (Å²) in [4.78, 5) is 20.8. The van der Waals surface area contributed by atoms with Crippen molar-refractivity contribution in [1.29, 1.82) is 0 Å². The van der Waals surface area contributed by atoms with Gasteiger partial charge in [-0.15, -0.1) is 0 Å². The Morgan fingerprint density at radius 2 is 0.511 bits per heavy atom. The summed E-state index contributed by atoms with van der Waals surface area (Å²) in [5, 5.41) is 4.83. The lowest BCUT2D eigenvalue weighted by Gasteiger charge is -2.27. The van der Waals surface area contributed by atoms with E-state index in [4.69, 9.17) is 15.0 Å². The molecule has 0 amide bonds. The molecule has 0 atom stereocenters. The van der Waals surface area contributed by atoms with E-state index in [2.05, 4.69) is 340 Å². The Kier molecular flexibility index (Phi) is 13.1. The van der Waals surface area contributed by atoms with E-state index in [1.165, 1.54) is 38.1 Å². The van der Waals surface area contributed by atoms with Crippen LogP contribution in [0.3, 0.4) is 0 Å². The van der Waals surface area contributed by atoms with Crippen molar-refractivity contribution in [2.75, 3.05) is 9.80 Å². The highest BCUT2D eigenvalue weighted by atomic mass is 15.3. The average Bonchev–Trinajstić information content (AvgIpc) is 1.68. The van der Waals surface area contributed by atoms with E-state index < -0.39 is 0 Å². The molecule has 3 aromatic heterocycles. The molecule has 3 heterocycles. The minimum absolute atomic E-state index is 0.465. The number of hydrogen-bond donors (Lipinski definition) is 0. The van der Waals surface area contributed by atoms with Gasteiger partial charge < -0.3 is 9.13 Å². The van der Waals surface area contributed by atoms with Gasteiger partial charge in [0.15, 0.2) is 5.82 Å². The number of rotatable bonds is 13. The SMILES string of the molecule is c1ccc(-c2ccc(-c3cccc(-c4nc(N(c5ccccc5)c5ccc(-c6ccc7c(c6)c6ccccc6n7-c6ccccc6)cc5)nc(N(c5ccccc5)c5ccc(-c6ccc7c(c6)c6ccccc6n7-c6ccccc6)cc5)n4)c3)cc2)cc1. The van der Waals surface area contributed by atoms with Gasteiger partial charge in [-0.2, -0.15) is 15.0 Å². The van der Waals surface area contributed by atoms with Gasteiger partial charge in [-0.1, -0.05) is 218 Å². The van der Waals surface area contributed by atoms with Gasteiger partial charge in [0.25, 0.3) is 0 Å². The highest BCUT2D eigenvalue weighted by Crippen LogP contribution is 2.42. The third kappa shape index (κ3) is 9.50. The van der Waals surface area contributed by atoms with Gasteiger partial charge in [-0.05, 0) is 160 Å². The van der Waals surface area contributed by atoms with E-state index in [1.54, 1.807) is 0 Å². The molecule has 0 aliphatic rings. The maximum absolute atomic E-state index is 5.55. The molecule has 13 aromatic carbocycles. The second-order valence-electron chi connectivity index (χ2n) is 22.1. The Hall–Kier alpha value is -11.9. The third-order valence-corrected chi connectivity index (χ3v) is 16.8. The van der Waals surface area contributed by atoms with E-state index in [-0.39, 0.29) is 0 Å². The van der Waals surface area contributed by atoms with Crippen LogP contribution in [0.5, 0.6) is 0 Å². The highest BCUT2D eigenvalue weighted by molar-refractivity contribution is 6.11. The van der Waals surface area contributed by atoms with Crippen molar-refractivity contribution in [2.45, 2.75) is 0 Å². The molecular formula is C81H55N7. The number of para-hydroxylation sites is 6. The van der Waals surface area contributed by atoms with Crippen LogP contribution in [0.1, 0.15) is 0 Å². The van der Waals surface area contributed by atoms with Crippen molar-refractivity contribution in [2.24, 2.45) is 0 Å². The first-order valence-electron chi connectivity index (χ1n) is 29.7. The molecule has 0 N–H and O–H groups in total. The van der Waals surface area contributed by atoms with Crippen LogP contribution < -0.4 is 9.80 Å². The van der Waals surface area contributed by atoms with Crippen molar-refractivity contribution in [3.63, 3.8) is 0 Å². The van der Waals surface area contributed by atoms with Crippen molar-refractivity contribution >= 4 is 78.3 Å². The summed E-state index contributed by atoms with van der Waals surface area (Å²) in [5.74, 6) is 1.46. The fourth-order valence-corrected chi connectivity index (χ4v) is 12.5. The van der Waals surface area contributed by atoms with E-state index in [0.717, 1.165) is 89.7 Å². The molecule has 0 radical (unpaired) electrons. The molecule has 414 valence electrons. The molecule has 7 nitrogen and oxygen atoms in total. The van der Waals surface area contributed by atoms with Gasteiger partial charge in [0.05, 0.1) is 22.1 Å². The third-order valence-electron chi connectivity index (χ3n) is 16.8. The zero-order valence-corrected chi connectivity index (χ0v) is 47.9. The second kappa shape index (κ2) is 22.2. The van der Waals surface area contributed by atoms with E-state index in [1.807, 2.05) is 12.1 Å². The monoisotopic (exact) mass is 1130 g/mol. The van der Waals surface area contributed by atoms with Crippen LogP contribution in [-0.2, 0) is 0 Å². The van der Waals surface area contributed by atoms with Crippen molar-refractivity contribution in [3.05, 3.63) is 334 Å². The number of nitrogens with zero attached hydrogens (tertiary/aromatic N) is 7. The number of fused-ring (bicyclic) bond motifs is 6. The Labute approximate surface area is 510 Å². The first-order chi connectivity index (χ1) is 43.6. The smallest absolute Gasteiger partial charge is 0.240 e. The number of benzene rings is 13. The van der Waals surface area contributed by atoms with Crippen molar-refractivity contribution in [1.82, 2.24) is 24.1 Å². The summed E-state index contributed by atoms with van der Waals surface area (Å²) in [5.41, 5.74) is 20.3. The standard InChI is InChI=1S/C81H55N7/c1-6-21-56(22-7-1)57-37-39-58(40-38-57)61-23-20-24-64(53-61)79-82-80(85(65-25-8-2-9-26-65)69-47-41-59(42-48-69)62-45-51-77-73(54-62)71-33-16-18-35-75(71)87(77)67-29-12-4-13-30-67)84-81(83-79)86(66-27-10-3-11-28-66)70-49-43-60(44-50-70)63-46-52-78-74(55-63)72-34-17-19-36-76(72)88(78)68-31-14-5-15-32-68/h1-55H. The molecule has 88 heavy (non-hydrogen) atoms. The molecule has 0 unspecified atom stereocenters. The Bertz CT molecular complexity index is 4900. The second-order valence-corrected chi connectivity index (χ2v) is 22.1. The first kappa shape index (κ1) is 51.7. The van der Waals surface area contributed by atoms with Crippen LogP contribution in [0, 0.1) is 0 Å². The zero-order valence-electron chi connectivity index (χ0n) is 47.9. The fourth-order valence-electron chi connectivity index (χ4n) is 12.5. The summed E-state index contributed by atoms with van der Waals surface area (Å²) >= 11 is 0. The Balaban J connectivity index is 0.823. The van der Waals surface area contributed by atoms with Gasteiger partial charge in [0.1, 0.15) is 0 Å². The van der Waals surface area contributed by atoms with Gasteiger partial charge in [0, 0.05) is 61.2 Å². The zero-order chi connectivity index (χ0) is 58.3. The van der Waals surface area contributed by atoms with Crippen LogP contribution >= 0.6 is 0 Å². The molecule has 0 spiro atoms. The summed E-state index contributed by atoms with van der Waals surface area (Å²) in [6, 6.07) is 118. The van der Waals surface area contributed by atoms with E-state index >= 15 is 0 Å². The number of anilines is 6. The quantitative estimate of drug-likeness (QED) is 0.115. The fraction of sp³-hybridized carbons (Fsp3) is 0. The first-order valence-corrected chi connectivity index (χ1v) is 29.7. The maximum atomic E-state index is 5.55. The lowest BCUT2D eigenvalue weighted by molar-refractivity contribution is 0.989. The van der Waals surface area contributed by atoms with Crippen LogP contribution in [0.2, 0.25) is 0 Å². The number of hydrogen-bond acceptors (Lipinski definition) is 5. The predicted octanol–water partition coefficient (Wildman–Crippen LogP) is 21.3. The largest absolute Gasteiger partial charge is 0.309 e. The minimum atomic E-state index is 0.465. The molecular weight excluding hydrogens is 1070 g/mol. The molecule has 0 saturated carbocycles.